The molecule has 6 heteroatoms. The van der Waals surface area contributed by atoms with Crippen LogP contribution in [0.1, 0.15) is 25.3 Å². The number of hydrogen-bond acceptors (Lipinski definition) is 4. The molecule has 0 saturated carbocycles. The Hall–Kier alpha value is -1.01. The number of thioether (sulfide) groups is 1. The Bertz CT molecular complexity index is 579. The second-order valence-electron chi connectivity index (χ2n) is 5.95. The van der Waals surface area contributed by atoms with Crippen molar-refractivity contribution in [1.82, 2.24) is 4.90 Å². The Kier molecular flexibility index (Phi) is 6.96. The minimum absolute atomic E-state index is 0.0882. The van der Waals surface area contributed by atoms with Crippen LogP contribution in [0.3, 0.4) is 0 Å². The molecule has 2 rings (SSSR count). The van der Waals surface area contributed by atoms with Gasteiger partial charge >= 0.3 is 5.97 Å². The van der Waals surface area contributed by atoms with Crippen LogP contribution in [-0.2, 0) is 14.3 Å². The molecule has 1 aliphatic rings. The molecule has 0 aromatic heterocycles. The quantitative estimate of drug-likeness (QED) is 0.559. The zero-order valence-electron chi connectivity index (χ0n) is 13.5. The van der Waals surface area contributed by atoms with E-state index in [4.69, 9.17) is 4.74 Å². The molecule has 0 radical (unpaired) electrons. The molecule has 4 nitrogen and oxygen atoms in total. The van der Waals surface area contributed by atoms with Crippen LogP contribution in [0.15, 0.2) is 27.6 Å². The second-order valence-corrected chi connectivity index (χ2v) is 7.88. The topological polar surface area (TPSA) is 46.6 Å². The Morgan fingerprint density at radius 3 is 2.91 bits per heavy atom. The molecule has 0 spiro atoms. The third-order valence-electron chi connectivity index (χ3n) is 3.85. The number of nitrogens with zero attached hydrogens (tertiary/aromatic N) is 1. The van der Waals surface area contributed by atoms with Crippen LogP contribution in [0.25, 0.3) is 0 Å². The summed E-state index contributed by atoms with van der Waals surface area (Å²) in [5.41, 5.74) is 1.11. The lowest BCUT2D eigenvalue weighted by Crippen LogP contribution is -2.41. The van der Waals surface area contributed by atoms with Crippen molar-refractivity contribution < 1.29 is 14.3 Å². The Labute approximate surface area is 150 Å². The molecule has 1 fully saturated rings. The number of esters is 1. The SMILES string of the molecule is Cc1cc(Br)ccc1SCC(=O)OCC(=O)N1CCC[C@H](C)C1. The highest BCUT2D eigenvalue weighted by Crippen LogP contribution is 2.25. The molecule has 0 N–H and O–H groups in total. The molecular formula is C17H22BrNO3S. The zero-order chi connectivity index (χ0) is 16.8. The van der Waals surface area contributed by atoms with Crippen molar-refractivity contribution in [2.45, 2.75) is 31.6 Å². The number of amides is 1. The molecule has 1 heterocycles. The van der Waals surface area contributed by atoms with E-state index in [1.54, 1.807) is 4.90 Å². The molecule has 1 aliphatic heterocycles. The van der Waals surface area contributed by atoms with Gasteiger partial charge in [0.15, 0.2) is 6.61 Å². The number of hydrogen-bond donors (Lipinski definition) is 0. The summed E-state index contributed by atoms with van der Waals surface area (Å²) in [6.07, 6.45) is 2.19. The summed E-state index contributed by atoms with van der Waals surface area (Å²) in [5, 5.41) is 0. The molecule has 1 saturated heterocycles. The third-order valence-corrected chi connectivity index (χ3v) is 5.49. The Balaban J connectivity index is 1.73. The van der Waals surface area contributed by atoms with Gasteiger partial charge in [-0.3, -0.25) is 9.59 Å². The molecule has 1 amide bonds. The predicted molar refractivity (Wildman–Crippen MR) is 95.5 cm³/mol. The molecular weight excluding hydrogens is 378 g/mol. The average molecular weight is 400 g/mol. The Morgan fingerprint density at radius 1 is 1.43 bits per heavy atom. The van der Waals surface area contributed by atoms with Gasteiger partial charge in [0.05, 0.1) is 5.75 Å². The smallest absolute Gasteiger partial charge is 0.316 e. The van der Waals surface area contributed by atoms with Crippen molar-refractivity contribution in [3.05, 3.63) is 28.2 Å². The van der Waals surface area contributed by atoms with Crippen molar-refractivity contribution in [3.63, 3.8) is 0 Å². The number of rotatable bonds is 5. The average Bonchev–Trinajstić information content (AvgIpc) is 2.51. The maximum absolute atomic E-state index is 12.1. The molecule has 1 aromatic rings. The van der Waals surface area contributed by atoms with Crippen molar-refractivity contribution in [1.29, 1.82) is 0 Å². The number of piperidine rings is 1. The van der Waals surface area contributed by atoms with Crippen molar-refractivity contribution >= 4 is 39.6 Å². The first kappa shape index (κ1) is 18.3. The van der Waals surface area contributed by atoms with Crippen LogP contribution < -0.4 is 0 Å². The van der Waals surface area contributed by atoms with Gasteiger partial charge in [0.2, 0.25) is 0 Å². The molecule has 0 unspecified atom stereocenters. The predicted octanol–water partition coefficient (Wildman–Crippen LogP) is 3.65. The van der Waals surface area contributed by atoms with Gasteiger partial charge in [0, 0.05) is 22.5 Å². The van der Waals surface area contributed by atoms with Gasteiger partial charge in [-0.05, 0) is 49.4 Å². The normalized spacial score (nSPS) is 17.9. The highest BCUT2D eigenvalue weighted by molar-refractivity contribution is 9.10. The first-order chi connectivity index (χ1) is 11.0. The number of likely N-dealkylation sites (tertiary alicyclic amines) is 1. The van der Waals surface area contributed by atoms with Gasteiger partial charge in [-0.1, -0.05) is 22.9 Å². The van der Waals surface area contributed by atoms with Gasteiger partial charge in [-0.15, -0.1) is 11.8 Å². The molecule has 1 atom stereocenters. The first-order valence-electron chi connectivity index (χ1n) is 7.78. The van der Waals surface area contributed by atoms with Crippen LogP contribution in [0.4, 0.5) is 0 Å². The summed E-state index contributed by atoms with van der Waals surface area (Å²) in [4.78, 5) is 26.7. The van der Waals surface area contributed by atoms with Gasteiger partial charge in [-0.2, -0.15) is 0 Å². The largest absolute Gasteiger partial charge is 0.455 e. The number of ether oxygens (including phenoxy) is 1. The molecule has 126 valence electrons. The van der Waals surface area contributed by atoms with Crippen molar-refractivity contribution in [2.24, 2.45) is 5.92 Å². The summed E-state index contributed by atoms with van der Waals surface area (Å²) in [6.45, 7) is 5.53. The van der Waals surface area contributed by atoms with Crippen LogP contribution in [0, 0.1) is 12.8 Å². The maximum Gasteiger partial charge on any atom is 0.316 e. The van der Waals surface area contributed by atoms with Gasteiger partial charge in [-0.25, -0.2) is 0 Å². The molecule has 0 bridgehead atoms. The first-order valence-corrected chi connectivity index (χ1v) is 9.56. The van der Waals surface area contributed by atoms with Gasteiger partial charge in [0.1, 0.15) is 0 Å². The highest BCUT2D eigenvalue weighted by Gasteiger charge is 2.21. The van der Waals surface area contributed by atoms with E-state index in [1.165, 1.54) is 11.8 Å². The standard InChI is InChI=1S/C17H22BrNO3S/c1-12-4-3-7-19(9-12)16(20)10-22-17(21)11-23-15-6-5-14(18)8-13(15)2/h5-6,8,12H,3-4,7,9-11H2,1-2H3/t12-/m0/s1. The maximum atomic E-state index is 12.1. The van der Waals surface area contributed by atoms with Crippen molar-refractivity contribution in [2.75, 3.05) is 25.4 Å². The lowest BCUT2D eigenvalue weighted by Gasteiger charge is -2.30. The molecule has 1 aromatic carbocycles. The number of benzene rings is 1. The highest BCUT2D eigenvalue weighted by atomic mass is 79.9. The minimum atomic E-state index is -0.351. The third kappa shape index (κ3) is 5.84. The van der Waals surface area contributed by atoms with E-state index in [0.717, 1.165) is 40.9 Å². The van der Waals surface area contributed by atoms with E-state index in [0.29, 0.717) is 5.92 Å². The zero-order valence-corrected chi connectivity index (χ0v) is 15.9. The lowest BCUT2D eigenvalue weighted by molar-refractivity contribution is -0.150. The lowest BCUT2D eigenvalue weighted by atomic mass is 10.0. The molecule has 23 heavy (non-hydrogen) atoms. The number of carbonyl (C=O) groups excluding carboxylic acids is 2. The fraction of sp³-hybridized carbons (Fsp3) is 0.529. The van der Waals surface area contributed by atoms with E-state index in [-0.39, 0.29) is 24.2 Å². The van der Waals surface area contributed by atoms with Crippen molar-refractivity contribution in [3.8, 4) is 0 Å². The number of halogens is 1. The minimum Gasteiger partial charge on any atom is -0.455 e. The fourth-order valence-corrected chi connectivity index (χ4v) is 3.89. The van der Waals surface area contributed by atoms with E-state index in [2.05, 4.69) is 22.9 Å². The second kappa shape index (κ2) is 8.73. The monoisotopic (exact) mass is 399 g/mol. The summed E-state index contributed by atoms with van der Waals surface area (Å²) in [7, 11) is 0. The van der Waals surface area contributed by atoms with Gasteiger partial charge < -0.3 is 9.64 Å². The van der Waals surface area contributed by atoms with Crippen LogP contribution in [0.2, 0.25) is 0 Å². The number of carbonyl (C=O) groups is 2. The Morgan fingerprint density at radius 2 is 2.22 bits per heavy atom. The van der Waals surface area contributed by atoms with E-state index in [1.807, 2.05) is 25.1 Å². The van der Waals surface area contributed by atoms with Gasteiger partial charge in [0.25, 0.3) is 5.91 Å². The van der Waals surface area contributed by atoms with E-state index < -0.39 is 0 Å². The summed E-state index contributed by atoms with van der Waals surface area (Å²) in [6, 6.07) is 5.92. The fourth-order valence-electron chi connectivity index (χ4n) is 2.60. The summed E-state index contributed by atoms with van der Waals surface area (Å²) >= 11 is 4.85. The van der Waals surface area contributed by atoms with E-state index >= 15 is 0 Å². The van der Waals surface area contributed by atoms with Crippen LogP contribution >= 0.6 is 27.7 Å². The van der Waals surface area contributed by atoms with E-state index in [9.17, 15) is 9.59 Å². The molecule has 0 aliphatic carbocycles. The van der Waals surface area contributed by atoms with Crippen LogP contribution in [0.5, 0.6) is 0 Å². The summed E-state index contributed by atoms with van der Waals surface area (Å²) in [5.74, 6) is 0.302. The summed E-state index contributed by atoms with van der Waals surface area (Å²) < 4.78 is 6.13. The van der Waals surface area contributed by atoms with Crippen LogP contribution in [-0.4, -0.2) is 42.2 Å². The number of aryl methyl sites for hydroxylation is 1.